The Balaban J connectivity index is 1.59. The van der Waals surface area contributed by atoms with Crippen LogP contribution in [0.15, 0.2) is 58.8 Å². The fourth-order valence-corrected chi connectivity index (χ4v) is 6.11. The lowest BCUT2D eigenvalue weighted by molar-refractivity contribution is -0.132. The van der Waals surface area contributed by atoms with E-state index in [4.69, 9.17) is 14.2 Å². The molecular formula is C26H30N2O6S2. The summed E-state index contributed by atoms with van der Waals surface area (Å²) in [6.45, 7) is 4.68. The number of nitrogens with zero attached hydrogens (tertiary/aromatic N) is 2. The van der Waals surface area contributed by atoms with Crippen LogP contribution in [0.25, 0.3) is 0 Å². The highest BCUT2D eigenvalue weighted by Crippen LogP contribution is 2.33. The van der Waals surface area contributed by atoms with E-state index in [1.165, 1.54) is 11.4 Å². The molecule has 0 saturated heterocycles. The van der Waals surface area contributed by atoms with Crippen molar-refractivity contribution in [3.05, 3.63) is 75.5 Å². The SMILES string of the molecule is COCCN(CC(=O)N(Cc1ccc2c(c1)OCO2)Cc1sccc1C)S(=O)(=O)c1ccc(C)cc1. The van der Waals surface area contributed by atoms with Gasteiger partial charge in [0.05, 0.1) is 24.6 Å². The summed E-state index contributed by atoms with van der Waals surface area (Å²) in [7, 11) is -2.39. The molecule has 1 aliphatic heterocycles. The number of ether oxygens (including phenoxy) is 3. The van der Waals surface area contributed by atoms with Crippen LogP contribution in [0.5, 0.6) is 11.5 Å². The van der Waals surface area contributed by atoms with Crippen molar-refractivity contribution in [2.75, 3.05) is 33.6 Å². The monoisotopic (exact) mass is 530 g/mol. The van der Waals surface area contributed by atoms with E-state index < -0.39 is 10.0 Å². The van der Waals surface area contributed by atoms with Gasteiger partial charge in [0.15, 0.2) is 11.5 Å². The molecule has 2 heterocycles. The van der Waals surface area contributed by atoms with Crippen molar-refractivity contribution < 1.29 is 27.4 Å². The number of fused-ring (bicyclic) bond motifs is 1. The maximum Gasteiger partial charge on any atom is 0.243 e. The molecule has 10 heteroatoms. The number of hydrogen-bond acceptors (Lipinski definition) is 7. The molecule has 36 heavy (non-hydrogen) atoms. The minimum absolute atomic E-state index is 0.0638. The average molecular weight is 531 g/mol. The van der Waals surface area contributed by atoms with Crippen LogP contribution in [0.4, 0.5) is 0 Å². The number of amides is 1. The summed E-state index contributed by atoms with van der Waals surface area (Å²) < 4.78 is 44.1. The lowest BCUT2D eigenvalue weighted by atomic mass is 10.1. The van der Waals surface area contributed by atoms with Crippen molar-refractivity contribution in [1.29, 1.82) is 0 Å². The Morgan fingerprint density at radius 3 is 2.47 bits per heavy atom. The fraction of sp³-hybridized carbons (Fsp3) is 0.346. The molecule has 0 aliphatic carbocycles. The first kappa shape index (κ1) is 26.2. The maximum atomic E-state index is 13.7. The summed E-state index contributed by atoms with van der Waals surface area (Å²) in [5, 5.41) is 1.99. The number of carbonyl (C=O) groups excluding carboxylic acids is 1. The number of methoxy groups -OCH3 is 1. The molecule has 192 valence electrons. The molecule has 8 nitrogen and oxygen atoms in total. The standard InChI is InChI=1S/C26H30N2O6S2/c1-19-4-7-22(8-5-19)36(30,31)28(11-12-32-3)17-26(29)27(16-25-20(2)10-13-35-25)15-21-6-9-23-24(14-21)34-18-33-23/h4-10,13-14H,11-12,15-18H2,1-3H3. The topological polar surface area (TPSA) is 85.4 Å². The van der Waals surface area contributed by atoms with E-state index in [-0.39, 0.29) is 37.3 Å². The maximum absolute atomic E-state index is 13.7. The Bertz CT molecular complexity index is 1300. The molecule has 0 N–H and O–H groups in total. The van der Waals surface area contributed by atoms with Crippen LogP contribution < -0.4 is 9.47 Å². The summed E-state index contributed by atoms with van der Waals surface area (Å²) in [5.74, 6) is 1.00. The van der Waals surface area contributed by atoms with Crippen LogP contribution >= 0.6 is 11.3 Å². The number of benzene rings is 2. The largest absolute Gasteiger partial charge is 0.454 e. The van der Waals surface area contributed by atoms with E-state index >= 15 is 0 Å². The zero-order valence-electron chi connectivity index (χ0n) is 20.6. The van der Waals surface area contributed by atoms with Gasteiger partial charge in [0, 0.05) is 25.1 Å². The minimum Gasteiger partial charge on any atom is -0.454 e. The van der Waals surface area contributed by atoms with Gasteiger partial charge in [-0.3, -0.25) is 4.79 Å². The van der Waals surface area contributed by atoms with Gasteiger partial charge in [0.2, 0.25) is 22.7 Å². The van der Waals surface area contributed by atoms with E-state index in [0.29, 0.717) is 24.6 Å². The van der Waals surface area contributed by atoms with Crippen molar-refractivity contribution >= 4 is 27.3 Å². The van der Waals surface area contributed by atoms with Crippen LogP contribution in [-0.4, -0.2) is 57.1 Å². The van der Waals surface area contributed by atoms with Gasteiger partial charge in [-0.05, 0) is 60.7 Å². The van der Waals surface area contributed by atoms with Crippen molar-refractivity contribution in [2.45, 2.75) is 31.8 Å². The molecule has 0 fully saturated rings. The van der Waals surface area contributed by atoms with Gasteiger partial charge >= 0.3 is 0 Å². The summed E-state index contributed by atoms with van der Waals surface area (Å²) in [4.78, 5) is 16.5. The van der Waals surface area contributed by atoms with Gasteiger partial charge < -0.3 is 19.1 Å². The molecule has 0 unspecified atom stereocenters. The molecule has 0 bridgehead atoms. The number of hydrogen-bond donors (Lipinski definition) is 0. The fourth-order valence-electron chi connectivity index (χ4n) is 3.82. The Morgan fingerprint density at radius 1 is 1.03 bits per heavy atom. The Hall–Kier alpha value is -2.92. The highest BCUT2D eigenvalue weighted by molar-refractivity contribution is 7.89. The zero-order chi connectivity index (χ0) is 25.7. The second kappa shape index (κ2) is 11.4. The summed E-state index contributed by atoms with van der Waals surface area (Å²) in [6, 6.07) is 14.2. The first-order valence-electron chi connectivity index (χ1n) is 11.5. The normalized spacial score (nSPS) is 12.8. The van der Waals surface area contributed by atoms with Crippen molar-refractivity contribution in [1.82, 2.24) is 9.21 Å². The molecule has 0 atom stereocenters. The van der Waals surface area contributed by atoms with Gasteiger partial charge in [-0.1, -0.05) is 23.8 Å². The highest BCUT2D eigenvalue weighted by atomic mass is 32.2. The lowest BCUT2D eigenvalue weighted by Gasteiger charge is -2.27. The molecule has 4 rings (SSSR count). The third-order valence-electron chi connectivity index (χ3n) is 5.98. The van der Waals surface area contributed by atoms with Gasteiger partial charge in [0.25, 0.3) is 0 Å². The van der Waals surface area contributed by atoms with Crippen molar-refractivity contribution in [2.24, 2.45) is 0 Å². The predicted molar refractivity (Wildman–Crippen MR) is 138 cm³/mol. The minimum atomic E-state index is -3.90. The summed E-state index contributed by atoms with van der Waals surface area (Å²) in [5.41, 5.74) is 2.91. The van der Waals surface area contributed by atoms with Gasteiger partial charge in [-0.2, -0.15) is 4.31 Å². The predicted octanol–water partition coefficient (Wildman–Crippen LogP) is 3.96. The van der Waals surface area contributed by atoms with E-state index in [1.807, 2.05) is 43.5 Å². The lowest BCUT2D eigenvalue weighted by Crippen LogP contribution is -2.43. The molecule has 0 radical (unpaired) electrons. The number of sulfonamides is 1. The van der Waals surface area contributed by atoms with Crippen LogP contribution in [-0.2, 0) is 32.6 Å². The Kier molecular flexibility index (Phi) is 8.30. The molecule has 0 saturated carbocycles. The van der Waals surface area contributed by atoms with Crippen molar-refractivity contribution in [3.8, 4) is 11.5 Å². The average Bonchev–Trinajstić information content (AvgIpc) is 3.49. The molecular weight excluding hydrogens is 500 g/mol. The third-order valence-corrected chi connectivity index (χ3v) is 8.85. The molecule has 1 aliphatic rings. The highest BCUT2D eigenvalue weighted by Gasteiger charge is 2.29. The van der Waals surface area contributed by atoms with Crippen LogP contribution in [0.2, 0.25) is 0 Å². The third kappa shape index (κ3) is 6.07. The molecule has 0 spiro atoms. The Labute approximate surface area is 216 Å². The van der Waals surface area contributed by atoms with E-state index in [9.17, 15) is 13.2 Å². The first-order valence-corrected chi connectivity index (χ1v) is 13.8. The molecule has 3 aromatic rings. The van der Waals surface area contributed by atoms with Crippen LogP contribution in [0, 0.1) is 13.8 Å². The number of aryl methyl sites for hydroxylation is 2. The van der Waals surface area contributed by atoms with E-state index in [1.54, 1.807) is 40.5 Å². The molecule has 2 aromatic carbocycles. The van der Waals surface area contributed by atoms with E-state index in [0.717, 1.165) is 21.6 Å². The van der Waals surface area contributed by atoms with Crippen molar-refractivity contribution in [3.63, 3.8) is 0 Å². The molecule has 1 aromatic heterocycles. The first-order chi connectivity index (χ1) is 17.3. The second-order valence-electron chi connectivity index (χ2n) is 8.61. The zero-order valence-corrected chi connectivity index (χ0v) is 22.2. The van der Waals surface area contributed by atoms with E-state index in [2.05, 4.69) is 0 Å². The quantitative estimate of drug-likeness (QED) is 0.373. The summed E-state index contributed by atoms with van der Waals surface area (Å²) in [6.07, 6.45) is 0. The van der Waals surface area contributed by atoms with Crippen LogP contribution in [0.3, 0.4) is 0 Å². The Morgan fingerprint density at radius 2 is 1.78 bits per heavy atom. The van der Waals surface area contributed by atoms with Gasteiger partial charge in [-0.15, -0.1) is 11.3 Å². The molecule has 1 amide bonds. The number of rotatable bonds is 11. The second-order valence-corrected chi connectivity index (χ2v) is 11.5. The van der Waals surface area contributed by atoms with Gasteiger partial charge in [0.1, 0.15) is 0 Å². The smallest absolute Gasteiger partial charge is 0.243 e. The van der Waals surface area contributed by atoms with Crippen LogP contribution in [0.1, 0.15) is 21.6 Å². The number of carbonyl (C=O) groups is 1. The van der Waals surface area contributed by atoms with Gasteiger partial charge in [-0.25, -0.2) is 8.42 Å². The number of thiophene rings is 1. The summed E-state index contributed by atoms with van der Waals surface area (Å²) >= 11 is 1.57.